The van der Waals surface area contributed by atoms with E-state index < -0.39 is 0 Å². The number of rotatable bonds is 21. The molecule has 0 aromatic heterocycles. The van der Waals surface area contributed by atoms with Gasteiger partial charge in [0.15, 0.2) is 0 Å². The average molecular weight is 495 g/mol. The standard InChI is InChI=1S/C30H54N2O.ClH/c1-4-5-6-7-8-9-10-11-12-13-14-15-16-17-18-25-29(33)32-26-21-23-27-22-19-20-24-28(27)30(2,3)31;/h19-20,22,24H,4-18,21,23,25-26,31H2,1-3H3,(H,32,33);1H. The normalized spacial score (nSPS) is 11.3. The Labute approximate surface area is 217 Å². The Morgan fingerprint density at radius 1 is 0.765 bits per heavy atom. The molecule has 0 heterocycles. The molecule has 34 heavy (non-hydrogen) atoms. The highest BCUT2D eigenvalue weighted by molar-refractivity contribution is 5.75. The first-order chi connectivity index (χ1) is 15.9. The molecule has 3 nitrogen and oxygen atoms in total. The van der Waals surface area contributed by atoms with E-state index in [-0.39, 0.29) is 23.9 Å². The van der Waals surface area contributed by atoms with E-state index in [0.717, 1.165) is 25.8 Å². The first kappa shape index (κ1) is 32.9. The third-order valence-electron chi connectivity index (χ3n) is 6.70. The Kier molecular flexibility index (Phi) is 20.6. The molecular formula is C30H55ClN2O. The van der Waals surface area contributed by atoms with E-state index >= 15 is 0 Å². The molecule has 0 unspecified atom stereocenters. The van der Waals surface area contributed by atoms with E-state index in [1.165, 1.54) is 101 Å². The van der Waals surface area contributed by atoms with Gasteiger partial charge in [-0.2, -0.15) is 0 Å². The van der Waals surface area contributed by atoms with Crippen molar-refractivity contribution in [2.75, 3.05) is 6.54 Å². The lowest BCUT2D eigenvalue weighted by Gasteiger charge is -2.19. The van der Waals surface area contributed by atoms with Crippen LogP contribution < -0.4 is 23.5 Å². The first-order valence-electron chi connectivity index (χ1n) is 14.2. The van der Waals surface area contributed by atoms with Gasteiger partial charge in [-0.15, -0.1) is 0 Å². The van der Waals surface area contributed by atoms with Crippen LogP contribution >= 0.6 is 0 Å². The molecule has 0 spiro atoms. The van der Waals surface area contributed by atoms with Crippen LogP contribution in [0.2, 0.25) is 0 Å². The number of amides is 1. The molecule has 0 saturated carbocycles. The quantitative estimate of drug-likeness (QED) is 0.243. The van der Waals surface area contributed by atoms with Crippen molar-refractivity contribution in [2.24, 2.45) is 0 Å². The minimum absolute atomic E-state index is 0. The zero-order valence-electron chi connectivity index (χ0n) is 22.7. The summed E-state index contributed by atoms with van der Waals surface area (Å²) in [5, 5.41) is 3.11. The summed E-state index contributed by atoms with van der Waals surface area (Å²) in [6.07, 6.45) is 23.0. The van der Waals surface area contributed by atoms with Crippen LogP contribution in [0.1, 0.15) is 141 Å². The summed E-state index contributed by atoms with van der Waals surface area (Å²) in [6.45, 7) is 7.37. The van der Waals surface area contributed by atoms with Gasteiger partial charge >= 0.3 is 0 Å². The van der Waals surface area contributed by atoms with Crippen LogP contribution in [0.3, 0.4) is 0 Å². The molecule has 0 saturated heterocycles. The second-order valence-electron chi connectivity index (χ2n) is 10.7. The van der Waals surface area contributed by atoms with Gasteiger partial charge in [0, 0.05) is 18.5 Å². The summed E-state index contributed by atoms with van der Waals surface area (Å²) < 4.78 is 0. The smallest absolute Gasteiger partial charge is 0.219 e. The fraction of sp³-hybridized carbons (Fsp3) is 0.767. The van der Waals surface area contributed by atoms with E-state index in [1.807, 2.05) is 0 Å². The number of nitrogens with one attached hydrogen (secondary N) is 1. The van der Waals surface area contributed by atoms with Gasteiger partial charge in [0.25, 0.3) is 0 Å². The summed E-state index contributed by atoms with van der Waals surface area (Å²) in [6, 6.07) is 8.56. The van der Waals surface area contributed by atoms with Gasteiger partial charge in [0.05, 0.1) is 0 Å². The summed E-state index contributed by atoms with van der Waals surface area (Å²) in [5.74, 6) is 0.218. The monoisotopic (exact) mass is 494 g/mol. The van der Waals surface area contributed by atoms with E-state index in [9.17, 15) is 4.79 Å². The molecule has 4 N–H and O–H groups in total. The number of aryl methyl sites for hydroxylation is 1. The molecule has 1 rings (SSSR count). The van der Waals surface area contributed by atoms with E-state index in [4.69, 9.17) is 0 Å². The minimum Gasteiger partial charge on any atom is -1.00 e. The number of hydrogen-bond donors (Lipinski definition) is 2. The summed E-state index contributed by atoms with van der Waals surface area (Å²) in [7, 11) is 0. The van der Waals surface area contributed by atoms with Crippen molar-refractivity contribution in [3.63, 3.8) is 0 Å². The van der Waals surface area contributed by atoms with Gasteiger partial charge < -0.3 is 23.5 Å². The molecule has 0 radical (unpaired) electrons. The van der Waals surface area contributed by atoms with Crippen LogP contribution in [0.25, 0.3) is 0 Å². The van der Waals surface area contributed by atoms with Crippen molar-refractivity contribution in [1.82, 2.24) is 5.32 Å². The number of hydrogen-bond acceptors (Lipinski definition) is 1. The highest BCUT2D eigenvalue weighted by atomic mass is 35.5. The Balaban J connectivity index is 0.0000109. The Bertz CT molecular complexity index is 612. The number of quaternary nitrogens is 1. The highest BCUT2D eigenvalue weighted by Crippen LogP contribution is 2.20. The van der Waals surface area contributed by atoms with Crippen molar-refractivity contribution in [3.8, 4) is 0 Å². The fourth-order valence-corrected chi connectivity index (χ4v) is 4.65. The Morgan fingerprint density at radius 2 is 1.24 bits per heavy atom. The average Bonchev–Trinajstić information content (AvgIpc) is 2.79. The summed E-state index contributed by atoms with van der Waals surface area (Å²) >= 11 is 0. The Hall–Kier alpha value is -1.06. The van der Waals surface area contributed by atoms with E-state index in [2.05, 4.69) is 56.1 Å². The number of carbonyl (C=O) groups is 1. The molecule has 0 aliphatic carbocycles. The second kappa shape index (κ2) is 21.2. The molecule has 0 aliphatic rings. The van der Waals surface area contributed by atoms with Crippen molar-refractivity contribution < 1.29 is 22.9 Å². The number of unbranched alkanes of at least 4 members (excludes halogenated alkanes) is 14. The maximum atomic E-state index is 12.1. The van der Waals surface area contributed by atoms with Crippen molar-refractivity contribution in [3.05, 3.63) is 35.4 Å². The first-order valence-corrected chi connectivity index (χ1v) is 14.2. The minimum atomic E-state index is -0.0760. The molecule has 1 aromatic rings. The third-order valence-corrected chi connectivity index (χ3v) is 6.70. The van der Waals surface area contributed by atoms with Crippen molar-refractivity contribution in [1.29, 1.82) is 0 Å². The fourth-order valence-electron chi connectivity index (χ4n) is 4.65. The second-order valence-corrected chi connectivity index (χ2v) is 10.7. The third kappa shape index (κ3) is 17.4. The van der Waals surface area contributed by atoms with Crippen LogP contribution in [-0.2, 0) is 16.8 Å². The molecule has 0 atom stereocenters. The predicted molar refractivity (Wildman–Crippen MR) is 143 cm³/mol. The SMILES string of the molecule is CCCCCCCCCCCCCCCCCC(=O)NCCCc1ccccc1C(C)(C)[NH3+].[Cl-]. The van der Waals surface area contributed by atoms with Crippen LogP contribution in [-0.4, -0.2) is 12.5 Å². The lowest BCUT2D eigenvalue weighted by molar-refractivity contribution is -0.475. The van der Waals surface area contributed by atoms with Gasteiger partial charge in [-0.1, -0.05) is 121 Å². The zero-order chi connectivity index (χ0) is 24.2. The van der Waals surface area contributed by atoms with Gasteiger partial charge in [-0.05, 0) is 38.7 Å². The van der Waals surface area contributed by atoms with Crippen LogP contribution in [0.15, 0.2) is 24.3 Å². The van der Waals surface area contributed by atoms with Crippen LogP contribution in [0.5, 0.6) is 0 Å². The summed E-state index contributed by atoms with van der Waals surface area (Å²) in [4.78, 5) is 12.1. The van der Waals surface area contributed by atoms with Crippen LogP contribution in [0.4, 0.5) is 0 Å². The van der Waals surface area contributed by atoms with Crippen molar-refractivity contribution >= 4 is 5.91 Å². The summed E-state index contributed by atoms with van der Waals surface area (Å²) in [5.41, 5.74) is 6.87. The number of carbonyl (C=O) groups excluding carboxylic acids is 1. The van der Waals surface area contributed by atoms with Gasteiger partial charge in [-0.25, -0.2) is 0 Å². The van der Waals surface area contributed by atoms with Crippen LogP contribution in [0, 0.1) is 0 Å². The number of benzene rings is 1. The van der Waals surface area contributed by atoms with Gasteiger partial charge in [0.1, 0.15) is 5.54 Å². The Morgan fingerprint density at radius 3 is 1.74 bits per heavy atom. The number of halogens is 1. The zero-order valence-corrected chi connectivity index (χ0v) is 23.5. The predicted octanol–water partition coefficient (Wildman–Crippen LogP) is 4.48. The maximum Gasteiger partial charge on any atom is 0.219 e. The highest BCUT2D eigenvalue weighted by Gasteiger charge is 2.21. The molecule has 0 fully saturated rings. The van der Waals surface area contributed by atoms with Gasteiger partial charge in [0.2, 0.25) is 5.91 Å². The molecule has 0 bridgehead atoms. The molecule has 1 amide bonds. The lowest BCUT2D eigenvalue weighted by atomic mass is 9.89. The topological polar surface area (TPSA) is 56.7 Å². The molecular weight excluding hydrogens is 440 g/mol. The van der Waals surface area contributed by atoms with E-state index in [0.29, 0.717) is 6.42 Å². The van der Waals surface area contributed by atoms with Crippen molar-refractivity contribution in [2.45, 2.75) is 142 Å². The van der Waals surface area contributed by atoms with Gasteiger partial charge in [-0.3, -0.25) is 4.79 Å². The van der Waals surface area contributed by atoms with E-state index in [1.54, 1.807) is 0 Å². The largest absolute Gasteiger partial charge is 1.00 e. The molecule has 198 valence electrons. The molecule has 0 aliphatic heterocycles. The lowest BCUT2D eigenvalue weighted by Crippen LogP contribution is -3.00. The molecule has 4 heteroatoms. The maximum absolute atomic E-state index is 12.1. The molecule has 1 aromatic carbocycles.